The van der Waals surface area contributed by atoms with E-state index in [9.17, 15) is 8.42 Å². The molecule has 0 aliphatic rings. The molecule has 8 heteroatoms. The molecule has 17 heavy (non-hydrogen) atoms. The highest BCUT2D eigenvalue weighted by Gasteiger charge is 2.25. The predicted molar refractivity (Wildman–Crippen MR) is 63.5 cm³/mol. The van der Waals surface area contributed by atoms with Gasteiger partial charge in [0.2, 0.25) is 10.0 Å². The molecule has 7 nitrogen and oxygen atoms in total. The van der Waals surface area contributed by atoms with E-state index in [1.54, 1.807) is 6.92 Å². The van der Waals surface area contributed by atoms with Gasteiger partial charge in [-0.05, 0) is 13.0 Å². The Morgan fingerprint density at radius 1 is 1.65 bits per heavy atom. The Hall–Kier alpha value is -1.22. The summed E-state index contributed by atoms with van der Waals surface area (Å²) in [6.07, 6.45) is 1.35. The van der Waals surface area contributed by atoms with Crippen molar-refractivity contribution >= 4 is 15.8 Å². The van der Waals surface area contributed by atoms with Gasteiger partial charge in [-0.15, -0.1) is 0 Å². The lowest BCUT2D eigenvalue weighted by Crippen LogP contribution is -2.37. The molecular formula is C9H16N4O3S. The van der Waals surface area contributed by atoms with Gasteiger partial charge in [-0.3, -0.25) is 0 Å². The summed E-state index contributed by atoms with van der Waals surface area (Å²) in [5, 5.41) is 8.97. The number of nitrogens with one attached hydrogen (secondary N) is 1. The van der Waals surface area contributed by atoms with E-state index in [1.165, 1.54) is 25.4 Å². The number of hydrogen-bond acceptors (Lipinski definition) is 6. The number of aromatic nitrogens is 1. The monoisotopic (exact) mass is 260 g/mol. The van der Waals surface area contributed by atoms with Crippen molar-refractivity contribution < 1.29 is 13.5 Å². The van der Waals surface area contributed by atoms with Gasteiger partial charge < -0.3 is 10.5 Å². The fourth-order valence-corrected chi connectivity index (χ4v) is 2.54. The van der Waals surface area contributed by atoms with Gasteiger partial charge in [0.25, 0.3) is 0 Å². The number of aliphatic hydroxyl groups excluding tert-OH is 1. The second-order valence-electron chi connectivity index (χ2n) is 3.57. The van der Waals surface area contributed by atoms with Crippen LogP contribution in [0.25, 0.3) is 0 Å². The standard InChI is InChI=1S/C9H16N4O3S/c1-7(6-14)13(2)17(15,16)8-3-4-11-9(5-8)12-10/h3-5,7,14H,6,10H2,1-2H3,(H,11,12). The van der Waals surface area contributed by atoms with E-state index < -0.39 is 16.1 Å². The van der Waals surface area contributed by atoms with E-state index in [0.717, 1.165) is 4.31 Å². The van der Waals surface area contributed by atoms with Crippen molar-refractivity contribution in [2.24, 2.45) is 5.84 Å². The Labute approximate surface area is 100 Å². The summed E-state index contributed by atoms with van der Waals surface area (Å²) in [6, 6.07) is 2.20. The number of anilines is 1. The summed E-state index contributed by atoms with van der Waals surface area (Å²) in [6.45, 7) is 1.36. The van der Waals surface area contributed by atoms with Crippen LogP contribution in [0.15, 0.2) is 23.2 Å². The van der Waals surface area contributed by atoms with Crippen molar-refractivity contribution in [2.75, 3.05) is 19.1 Å². The first-order chi connectivity index (χ1) is 7.93. The second-order valence-corrected chi connectivity index (χ2v) is 5.57. The molecule has 0 radical (unpaired) electrons. The van der Waals surface area contributed by atoms with E-state index >= 15 is 0 Å². The lowest BCUT2D eigenvalue weighted by Gasteiger charge is -2.22. The number of nitrogen functional groups attached to an aromatic ring is 1. The van der Waals surface area contributed by atoms with Crippen LogP contribution in [0.3, 0.4) is 0 Å². The molecular weight excluding hydrogens is 244 g/mol. The average Bonchev–Trinajstić information content (AvgIpc) is 2.36. The first-order valence-electron chi connectivity index (χ1n) is 4.95. The summed E-state index contributed by atoms with van der Waals surface area (Å²) in [5.41, 5.74) is 2.28. The maximum atomic E-state index is 12.1. The van der Waals surface area contributed by atoms with Crippen molar-refractivity contribution in [3.63, 3.8) is 0 Å². The third-order valence-corrected chi connectivity index (χ3v) is 4.41. The number of nitrogens with two attached hydrogens (primary N) is 1. The molecule has 0 bridgehead atoms. The van der Waals surface area contributed by atoms with Gasteiger partial charge in [-0.25, -0.2) is 19.2 Å². The van der Waals surface area contributed by atoms with Crippen LogP contribution in [0.5, 0.6) is 0 Å². The summed E-state index contributed by atoms with van der Waals surface area (Å²) in [7, 11) is -2.24. The van der Waals surface area contributed by atoms with Crippen molar-refractivity contribution in [2.45, 2.75) is 17.9 Å². The number of rotatable bonds is 5. The molecule has 1 heterocycles. The maximum Gasteiger partial charge on any atom is 0.243 e. The Morgan fingerprint density at radius 2 is 2.29 bits per heavy atom. The van der Waals surface area contributed by atoms with Crippen LogP contribution in [0, 0.1) is 0 Å². The summed E-state index contributed by atoms with van der Waals surface area (Å²) < 4.78 is 25.3. The SMILES string of the molecule is CC(CO)N(C)S(=O)(=O)c1ccnc(NN)c1. The molecule has 1 atom stereocenters. The zero-order chi connectivity index (χ0) is 13.1. The minimum absolute atomic E-state index is 0.0725. The molecule has 0 saturated carbocycles. The van der Waals surface area contributed by atoms with E-state index in [1.807, 2.05) is 0 Å². The first kappa shape index (κ1) is 13.8. The fraction of sp³-hybridized carbons (Fsp3) is 0.444. The Morgan fingerprint density at radius 3 is 2.82 bits per heavy atom. The summed E-state index contributed by atoms with van der Waals surface area (Å²) in [4.78, 5) is 3.90. The minimum Gasteiger partial charge on any atom is -0.395 e. The zero-order valence-electron chi connectivity index (χ0n) is 9.66. The van der Waals surface area contributed by atoms with E-state index in [2.05, 4.69) is 10.4 Å². The van der Waals surface area contributed by atoms with Crippen molar-refractivity contribution in [3.8, 4) is 0 Å². The van der Waals surface area contributed by atoms with Crippen LogP contribution in [0.1, 0.15) is 6.92 Å². The summed E-state index contributed by atoms with van der Waals surface area (Å²) in [5.74, 6) is 5.42. The van der Waals surface area contributed by atoms with Gasteiger partial charge >= 0.3 is 0 Å². The molecule has 1 rings (SSSR count). The Balaban J connectivity index is 3.12. The van der Waals surface area contributed by atoms with Gasteiger partial charge in [0.1, 0.15) is 5.82 Å². The molecule has 1 aromatic rings. The molecule has 0 saturated heterocycles. The van der Waals surface area contributed by atoms with Crippen LogP contribution in [-0.2, 0) is 10.0 Å². The Kier molecular flexibility index (Phi) is 4.40. The molecule has 96 valence electrons. The van der Waals surface area contributed by atoms with Crippen LogP contribution in [0.4, 0.5) is 5.82 Å². The fourth-order valence-electron chi connectivity index (χ4n) is 1.17. The third-order valence-electron chi connectivity index (χ3n) is 2.44. The molecule has 0 aliphatic carbocycles. The van der Waals surface area contributed by atoms with Crippen LogP contribution in [0.2, 0.25) is 0 Å². The number of hydrazine groups is 1. The van der Waals surface area contributed by atoms with Gasteiger partial charge in [0.05, 0.1) is 11.5 Å². The molecule has 0 aromatic carbocycles. The van der Waals surface area contributed by atoms with E-state index in [-0.39, 0.29) is 17.3 Å². The van der Waals surface area contributed by atoms with Crippen LogP contribution in [-0.4, -0.2) is 42.5 Å². The lowest BCUT2D eigenvalue weighted by atomic mass is 10.4. The number of likely N-dealkylation sites (N-methyl/N-ethyl adjacent to an activating group) is 1. The summed E-state index contributed by atoms with van der Waals surface area (Å²) >= 11 is 0. The number of aliphatic hydroxyl groups is 1. The number of nitrogens with zero attached hydrogens (tertiary/aromatic N) is 2. The van der Waals surface area contributed by atoms with Gasteiger partial charge in [-0.1, -0.05) is 0 Å². The largest absolute Gasteiger partial charge is 0.395 e. The molecule has 0 aliphatic heterocycles. The average molecular weight is 260 g/mol. The van der Waals surface area contributed by atoms with Gasteiger partial charge in [-0.2, -0.15) is 4.31 Å². The van der Waals surface area contributed by atoms with Crippen molar-refractivity contribution in [1.29, 1.82) is 0 Å². The number of sulfonamides is 1. The molecule has 0 fully saturated rings. The predicted octanol–water partition coefficient (Wildman–Crippen LogP) is -0.631. The highest BCUT2D eigenvalue weighted by molar-refractivity contribution is 7.89. The number of pyridine rings is 1. The second kappa shape index (κ2) is 5.41. The normalized spacial score (nSPS) is 13.7. The molecule has 1 unspecified atom stereocenters. The van der Waals surface area contributed by atoms with Gasteiger partial charge in [0.15, 0.2) is 0 Å². The highest BCUT2D eigenvalue weighted by Crippen LogP contribution is 2.17. The van der Waals surface area contributed by atoms with E-state index in [0.29, 0.717) is 0 Å². The lowest BCUT2D eigenvalue weighted by molar-refractivity contribution is 0.214. The maximum absolute atomic E-state index is 12.1. The smallest absolute Gasteiger partial charge is 0.243 e. The third kappa shape index (κ3) is 2.91. The van der Waals surface area contributed by atoms with Crippen molar-refractivity contribution in [1.82, 2.24) is 9.29 Å². The topological polar surface area (TPSA) is 109 Å². The molecule has 4 N–H and O–H groups in total. The Bertz CT molecular complexity index is 477. The van der Waals surface area contributed by atoms with Gasteiger partial charge in [0, 0.05) is 25.4 Å². The molecule has 0 spiro atoms. The molecule has 1 aromatic heterocycles. The number of hydrogen-bond donors (Lipinski definition) is 3. The quantitative estimate of drug-likeness (QED) is 0.480. The first-order valence-corrected chi connectivity index (χ1v) is 6.39. The van der Waals surface area contributed by atoms with Crippen molar-refractivity contribution in [3.05, 3.63) is 18.3 Å². The molecule has 0 amide bonds. The highest BCUT2D eigenvalue weighted by atomic mass is 32.2. The zero-order valence-corrected chi connectivity index (χ0v) is 10.5. The van der Waals surface area contributed by atoms with Crippen LogP contribution < -0.4 is 11.3 Å². The minimum atomic E-state index is -3.65. The van der Waals surface area contributed by atoms with Crippen LogP contribution >= 0.6 is 0 Å². The van der Waals surface area contributed by atoms with E-state index in [4.69, 9.17) is 10.9 Å².